The van der Waals surface area contributed by atoms with Crippen molar-refractivity contribution in [3.05, 3.63) is 105 Å². The van der Waals surface area contributed by atoms with E-state index in [9.17, 15) is 14.4 Å². The molecule has 0 unspecified atom stereocenters. The molecular formula is C23H19ClN2O3. The average Bonchev–Trinajstić information content (AvgIpc) is 2.76. The molecule has 0 spiro atoms. The molecule has 0 aliphatic carbocycles. The highest BCUT2D eigenvalue weighted by molar-refractivity contribution is 6.30. The summed E-state index contributed by atoms with van der Waals surface area (Å²) in [6, 6.07) is 17.9. The number of halogens is 1. The lowest BCUT2D eigenvalue weighted by Gasteiger charge is -2.32. The normalized spacial score (nSPS) is 14.2. The van der Waals surface area contributed by atoms with Gasteiger partial charge in [0.2, 0.25) is 0 Å². The molecule has 1 amide bonds. The van der Waals surface area contributed by atoms with Crippen LogP contribution in [-0.4, -0.2) is 27.7 Å². The molecule has 4 rings (SSSR count). The number of Topliss-reactive ketones (excluding diaryl/α,β-unsaturated/α-hetero) is 1. The Balaban J connectivity index is 1.74. The highest BCUT2D eigenvalue weighted by atomic mass is 35.5. The van der Waals surface area contributed by atoms with E-state index >= 15 is 0 Å². The zero-order valence-electron chi connectivity index (χ0n) is 15.6. The third-order valence-corrected chi connectivity index (χ3v) is 5.39. The average molecular weight is 407 g/mol. The largest absolute Gasteiger partial charge is 0.336 e. The second-order valence-corrected chi connectivity index (χ2v) is 7.44. The third kappa shape index (κ3) is 3.87. The van der Waals surface area contributed by atoms with Crippen LogP contribution in [0.1, 0.15) is 27.5 Å². The van der Waals surface area contributed by atoms with Crippen LogP contribution in [0.4, 0.5) is 0 Å². The topological polar surface area (TPSA) is 59.4 Å². The van der Waals surface area contributed by atoms with E-state index in [2.05, 4.69) is 0 Å². The lowest BCUT2D eigenvalue weighted by atomic mass is 9.97. The second-order valence-electron chi connectivity index (χ2n) is 7.00. The molecule has 1 atom stereocenters. The second kappa shape index (κ2) is 8.05. The van der Waals surface area contributed by atoms with Crippen LogP contribution in [0.2, 0.25) is 5.02 Å². The minimum atomic E-state index is -1.30. The van der Waals surface area contributed by atoms with E-state index in [0.29, 0.717) is 25.1 Å². The molecule has 0 saturated heterocycles. The number of aromatic nitrogens is 1. The first-order valence-corrected chi connectivity index (χ1v) is 9.75. The van der Waals surface area contributed by atoms with Gasteiger partial charge in [-0.15, -0.1) is 0 Å². The Morgan fingerprint density at radius 3 is 2.34 bits per heavy atom. The molecule has 2 heterocycles. The highest BCUT2D eigenvalue weighted by Gasteiger charge is 2.35. The van der Waals surface area contributed by atoms with Crippen LogP contribution in [0.5, 0.6) is 0 Å². The molecule has 0 bridgehead atoms. The van der Waals surface area contributed by atoms with Crippen LogP contribution in [-0.2, 0) is 17.8 Å². The van der Waals surface area contributed by atoms with E-state index in [0.717, 1.165) is 10.1 Å². The summed E-state index contributed by atoms with van der Waals surface area (Å²) < 4.78 is 1.14. The highest BCUT2D eigenvalue weighted by Crippen LogP contribution is 2.24. The molecule has 1 aliphatic heterocycles. The predicted octanol–water partition coefficient (Wildman–Crippen LogP) is 3.51. The van der Waals surface area contributed by atoms with Gasteiger partial charge in [-0.25, -0.2) is 0 Å². The van der Waals surface area contributed by atoms with E-state index in [1.807, 2.05) is 24.3 Å². The quantitative estimate of drug-likeness (QED) is 0.492. The van der Waals surface area contributed by atoms with Crippen molar-refractivity contribution in [3.63, 3.8) is 0 Å². The molecule has 0 N–H and O–H groups in total. The fraction of sp³-hybridized carbons (Fsp3) is 0.174. The first-order valence-electron chi connectivity index (χ1n) is 9.37. The Morgan fingerprint density at radius 2 is 1.59 bits per heavy atom. The van der Waals surface area contributed by atoms with Gasteiger partial charge in [0.15, 0.2) is 11.8 Å². The summed E-state index contributed by atoms with van der Waals surface area (Å²) in [4.78, 5) is 40.9. The molecule has 0 fully saturated rings. The van der Waals surface area contributed by atoms with Gasteiger partial charge in [0.1, 0.15) is 0 Å². The molecule has 0 radical (unpaired) electrons. The Hall–Kier alpha value is -3.18. The van der Waals surface area contributed by atoms with Crippen molar-refractivity contribution in [2.24, 2.45) is 0 Å². The van der Waals surface area contributed by atoms with E-state index < -0.39 is 23.3 Å². The van der Waals surface area contributed by atoms with Crippen molar-refractivity contribution >= 4 is 23.3 Å². The van der Waals surface area contributed by atoms with Crippen molar-refractivity contribution in [2.75, 3.05) is 6.54 Å². The first kappa shape index (κ1) is 19.2. The first-order chi connectivity index (χ1) is 14.0. The Morgan fingerprint density at radius 1 is 0.897 bits per heavy atom. The van der Waals surface area contributed by atoms with Gasteiger partial charge in [-0.2, -0.15) is 0 Å². The van der Waals surface area contributed by atoms with Crippen LogP contribution in [0.15, 0.2) is 77.7 Å². The Bertz CT molecular complexity index is 1120. The van der Waals surface area contributed by atoms with Crippen LogP contribution in [0.25, 0.3) is 0 Å². The number of hydrogen-bond acceptors (Lipinski definition) is 3. The summed E-state index contributed by atoms with van der Waals surface area (Å²) in [5.74, 6) is -0.837. The third-order valence-electron chi connectivity index (χ3n) is 5.16. The zero-order valence-corrected chi connectivity index (χ0v) is 16.4. The van der Waals surface area contributed by atoms with Gasteiger partial charge in [-0.05, 0) is 23.6 Å². The van der Waals surface area contributed by atoms with Gasteiger partial charge >= 0.3 is 0 Å². The number of ketones is 1. The molecule has 1 aliphatic rings. The van der Waals surface area contributed by atoms with E-state index in [-0.39, 0.29) is 5.02 Å². The summed E-state index contributed by atoms with van der Waals surface area (Å²) in [6.07, 6.45) is 2.06. The molecule has 3 aromatic rings. The van der Waals surface area contributed by atoms with Crippen molar-refractivity contribution in [1.82, 2.24) is 9.47 Å². The molecule has 29 heavy (non-hydrogen) atoms. The molecule has 0 saturated carbocycles. The number of carbonyl (C=O) groups excluding carboxylic acids is 2. The van der Waals surface area contributed by atoms with Gasteiger partial charge in [0.25, 0.3) is 11.5 Å². The summed E-state index contributed by atoms with van der Waals surface area (Å²) in [5, 5.41) is 0.284. The molecule has 5 nitrogen and oxygen atoms in total. The van der Waals surface area contributed by atoms with Crippen LogP contribution in [0, 0.1) is 0 Å². The van der Waals surface area contributed by atoms with Crippen LogP contribution < -0.4 is 5.56 Å². The van der Waals surface area contributed by atoms with Crippen LogP contribution >= 0.6 is 11.6 Å². The fourth-order valence-corrected chi connectivity index (χ4v) is 3.82. The van der Waals surface area contributed by atoms with E-state index in [4.69, 9.17) is 11.6 Å². The summed E-state index contributed by atoms with van der Waals surface area (Å²) in [7, 11) is 0. The molecule has 2 aromatic carbocycles. The van der Waals surface area contributed by atoms with E-state index in [1.165, 1.54) is 23.9 Å². The number of carbonyl (C=O) groups is 2. The Labute approximate surface area is 173 Å². The number of fused-ring (bicyclic) bond motifs is 1. The maximum atomic E-state index is 13.5. The molecule has 1 aromatic heterocycles. The van der Waals surface area contributed by atoms with E-state index in [1.54, 1.807) is 35.2 Å². The smallest absolute Gasteiger partial charge is 0.254 e. The van der Waals surface area contributed by atoms with Crippen LogP contribution in [0.3, 0.4) is 0 Å². The van der Waals surface area contributed by atoms with Crippen molar-refractivity contribution in [3.8, 4) is 0 Å². The fourth-order valence-electron chi connectivity index (χ4n) is 3.65. The maximum Gasteiger partial charge on any atom is 0.254 e. The zero-order chi connectivity index (χ0) is 20.4. The van der Waals surface area contributed by atoms with Gasteiger partial charge in [0, 0.05) is 30.9 Å². The van der Waals surface area contributed by atoms with Gasteiger partial charge in [-0.3, -0.25) is 19.0 Å². The molecule has 146 valence electrons. The number of pyridine rings is 1. The summed E-state index contributed by atoms with van der Waals surface area (Å²) in [5.41, 5.74) is 2.17. The van der Waals surface area contributed by atoms with Crippen molar-refractivity contribution in [1.29, 1.82) is 0 Å². The summed E-state index contributed by atoms with van der Waals surface area (Å²) in [6.45, 7) is 0.895. The monoisotopic (exact) mass is 406 g/mol. The van der Waals surface area contributed by atoms with Gasteiger partial charge in [0.05, 0.1) is 5.02 Å². The molecular weight excluding hydrogens is 388 g/mol. The number of benzene rings is 2. The van der Waals surface area contributed by atoms with Crippen molar-refractivity contribution in [2.45, 2.75) is 19.0 Å². The minimum Gasteiger partial charge on any atom is -0.336 e. The number of hydrogen-bond donors (Lipinski definition) is 0. The minimum absolute atomic E-state index is 0.284. The molecule has 6 heteroatoms. The lowest BCUT2D eigenvalue weighted by Crippen LogP contribution is -2.45. The Kier molecular flexibility index (Phi) is 5.32. The predicted molar refractivity (Wildman–Crippen MR) is 111 cm³/mol. The lowest BCUT2D eigenvalue weighted by molar-refractivity contribution is -0.134. The van der Waals surface area contributed by atoms with Gasteiger partial charge in [-0.1, -0.05) is 66.2 Å². The maximum absolute atomic E-state index is 13.5. The number of nitrogens with zero attached hydrogens (tertiary/aromatic N) is 2. The number of amides is 1. The number of rotatable bonds is 4. The summed E-state index contributed by atoms with van der Waals surface area (Å²) >= 11 is 6.07. The SMILES string of the molecule is O=C(c1ccccc1)[C@@H](C(=O)N1CCc2ccccc2C1)n1cc(Cl)ccc1=O. The standard InChI is InChI=1S/C23H19ClN2O3/c24-19-10-11-20(27)26(15-19)21(22(28)17-7-2-1-3-8-17)23(29)25-13-12-16-6-4-5-9-18(16)14-25/h1-11,15,21H,12-14H2/t21-/m0/s1. The van der Waals surface area contributed by atoms with Gasteiger partial charge < -0.3 is 4.90 Å². The van der Waals surface area contributed by atoms with Crippen molar-refractivity contribution < 1.29 is 9.59 Å².